The van der Waals surface area contributed by atoms with E-state index < -0.39 is 13.4 Å². The van der Waals surface area contributed by atoms with E-state index >= 15 is 0 Å². The predicted octanol–water partition coefficient (Wildman–Crippen LogP) is -2.85. The Hall–Kier alpha value is 2.70. The Morgan fingerprint density at radius 3 is 0.786 bits per heavy atom. The summed E-state index contributed by atoms with van der Waals surface area (Å²) in [5.74, 6) is 0. The zero-order chi connectivity index (χ0) is 11.0. The molecular weight excluding hydrogens is 297 g/mol. The van der Waals surface area contributed by atoms with Gasteiger partial charge in [0.2, 0.25) is 0 Å². The SMILES string of the molecule is C.CC.OP(O)(O)=S.OP(O)(O)=S.[H-].[K+]. The van der Waals surface area contributed by atoms with E-state index in [2.05, 4.69) is 23.6 Å². The van der Waals surface area contributed by atoms with Gasteiger partial charge in [0.1, 0.15) is 0 Å². The minimum Gasteiger partial charge on any atom is -1.00 e. The van der Waals surface area contributed by atoms with Crippen LogP contribution in [0.3, 0.4) is 0 Å². The molecule has 0 heterocycles. The Morgan fingerprint density at radius 1 is 0.786 bits per heavy atom. The fraction of sp³-hybridized carbons (Fsp3) is 1.00. The summed E-state index contributed by atoms with van der Waals surface area (Å²) < 4.78 is 0. The van der Waals surface area contributed by atoms with E-state index in [1.807, 2.05) is 13.8 Å². The molecule has 11 heteroatoms. The molecular formula is C3H17KO6P2S2. The third kappa shape index (κ3) is 379. The van der Waals surface area contributed by atoms with Gasteiger partial charge >= 0.3 is 64.8 Å². The maximum Gasteiger partial charge on any atom is 1.00 e. The summed E-state index contributed by atoms with van der Waals surface area (Å²) in [6, 6.07) is 0. The van der Waals surface area contributed by atoms with Crippen LogP contribution in [0.4, 0.5) is 0 Å². The van der Waals surface area contributed by atoms with Crippen molar-refractivity contribution in [1.82, 2.24) is 0 Å². The zero-order valence-electron chi connectivity index (χ0n) is 8.39. The molecule has 0 rings (SSSR count). The van der Waals surface area contributed by atoms with Crippen molar-refractivity contribution in [3.05, 3.63) is 0 Å². The second-order valence-electron chi connectivity index (χ2n) is 1.03. The third-order valence-corrected chi connectivity index (χ3v) is 0. The average molecular weight is 314 g/mol. The number of hydrogen-bond donors (Lipinski definition) is 6. The first-order valence-electron chi connectivity index (χ1n) is 2.57. The Morgan fingerprint density at radius 2 is 0.786 bits per heavy atom. The maximum absolute atomic E-state index is 7.56. The predicted molar refractivity (Wildman–Crippen MR) is 61.1 cm³/mol. The standard InChI is InChI=1S/C2H6.CH4.K.2H3O3PS.H/c1-2;;;2*1-4(2,3)5;/h1-2H3;1H4;;2*(H3,1,2,3,5);/q;;+1;;;-1. The van der Waals surface area contributed by atoms with E-state index in [1.54, 1.807) is 0 Å². The molecule has 0 bridgehead atoms. The van der Waals surface area contributed by atoms with Crippen LogP contribution in [0.25, 0.3) is 0 Å². The Balaban J connectivity index is -0.0000000197. The molecule has 0 fully saturated rings. The summed E-state index contributed by atoms with van der Waals surface area (Å²) in [6.07, 6.45) is 0. The average Bonchev–Trinajstić information content (AvgIpc) is 1.59. The smallest absolute Gasteiger partial charge is 1.00 e. The first-order valence-corrected chi connectivity index (χ1v) is 7.89. The second kappa shape index (κ2) is 15.7. The molecule has 0 saturated heterocycles. The van der Waals surface area contributed by atoms with Crippen molar-refractivity contribution in [3.63, 3.8) is 0 Å². The van der Waals surface area contributed by atoms with Crippen molar-refractivity contribution in [1.29, 1.82) is 0 Å². The maximum atomic E-state index is 7.56. The molecule has 0 aromatic heterocycles. The van der Waals surface area contributed by atoms with Crippen LogP contribution in [0.2, 0.25) is 0 Å². The molecule has 0 aliphatic heterocycles. The fourth-order valence-corrected chi connectivity index (χ4v) is 0. The molecule has 6 N–H and O–H groups in total. The van der Waals surface area contributed by atoms with Gasteiger partial charge in [0, 0.05) is 0 Å². The molecule has 0 amide bonds. The Labute approximate surface area is 138 Å². The van der Waals surface area contributed by atoms with Gasteiger partial charge in [-0.15, -0.1) is 0 Å². The normalized spacial score (nSPS) is 8.86. The Bertz CT molecular complexity index is 147. The molecule has 14 heavy (non-hydrogen) atoms. The molecule has 6 nitrogen and oxygen atoms in total. The topological polar surface area (TPSA) is 121 Å². The molecule has 88 valence electrons. The van der Waals surface area contributed by atoms with Gasteiger partial charge in [-0.3, -0.25) is 0 Å². The minimum absolute atomic E-state index is 0. The van der Waals surface area contributed by atoms with Crippen LogP contribution in [-0.2, 0) is 23.6 Å². The van der Waals surface area contributed by atoms with Crippen LogP contribution in [0, 0.1) is 0 Å². The van der Waals surface area contributed by atoms with Gasteiger partial charge in [0.15, 0.2) is 0 Å². The van der Waals surface area contributed by atoms with Crippen LogP contribution in [-0.4, -0.2) is 29.4 Å². The van der Waals surface area contributed by atoms with Crippen LogP contribution < -0.4 is 51.4 Å². The molecule has 0 aromatic rings. The summed E-state index contributed by atoms with van der Waals surface area (Å²) >= 11 is 7.21. The Kier molecular flexibility index (Phi) is 33.7. The van der Waals surface area contributed by atoms with Gasteiger partial charge in [-0.05, 0) is 23.6 Å². The summed E-state index contributed by atoms with van der Waals surface area (Å²) in [5, 5.41) is 0. The van der Waals surface area contributed by atoms with Gasteiger partial charge in [0.05, 0.1) is 0 Å². The van der Waals surface area contributed by atoms with E-state index in [1.165, 1.54) is 0 Å². The van der Waals surface area contributed by atoms with E-state index in [0.29, 0.717) is 0 Å². The summed E-state index contributed by atoms with van der Waals surface area (Å²) in [4.78, 5) is 45.3. The first kappa shape index (κ1) is 30.1. The van der Waals surface area contributed by atoms with Crippen molar-refractivity contribution in [2.75, 3.05) is 0 Å². The van der Waals surface area contributed by atoms with E-state index in [-0.39, 0.29) is 60.2 Å². The van der Waals surface area contributed by atoms with Gasteiger partial charge in [-0.1, -0.05) is 21.3 Å². The molecule has 0 unspecified atom stereocenters. The number of rotatable bonds is 0. The summed E-state index contributed by atoms with van der Waals surface area (Å²) in [7, 11) is 0. The molecule has 0 spiro atoms. The monoisotopic (exact) mass is 314 g/mol. The van der Waals surface area contributed by atoms with Gasteiger partial charge < -0.3 is 30.8 Å². The third-order valence-electron chi connectivity index (χ3n) is 0. The van der Waals surface area contributed by atoms with Crippen molar-refractivity contribution in [3.8, 4) is 0 Å². The van der Waals surface area contributed by atoms with E-state index in [9.17, 15) is 0 Å². The van der Waals surface area contributed by atoms with Gasteiger partial charge in [0.25, 0.3) is 0 Å². The molecule has 0 aromatic carbocycles. The van der Waals surface area contributed by atoms with Crippen molar-refractivity contribution >= 4 is 37.1 Å². The van der Waals surface area contributed by atoms with Crippen LogP contribution in [0.15, 0.2) is 0 Å². The van der Waals surface area contributed by atoms with Gasteiger partial charge in [-0.2, -0.15) is 0 Å². The largest absolute Gasteiger partial charge is 1.00 e. The van der Waals surface area contributed by atoms with Crippen molar-refractivity contribution in [2.45, 2.75) is 21.3 Å². The van der Waals surface area contributed by atoms with E-state index in [4.69, 9.17) is 29.4 Å². The fourth-order valence-electron chi connectivity index (χ4n) is 0. The quantitative estimate of drug-likeness (QED) is 0.209. The number of hydrogen-bond acceptors (Lipinski definition) is 2. The first-order chi connectivity index (χ1) is 5.00. The van der Waals surface area contributed by atoms with Crippen LogP contribution in [0.5, 0.6) is 0 Å². The molecule has 0 saturated carbocycles. The molecule has 0 radical (unpaired) electrons. The minimum atomic E-state index is -3.81. The van der Waals surface area contributed by atoms with Crippen molar-refractivity contribution < 1.29 is 82.2 Å². The van der Waals surface area contributed by atoms with Gasteiger partial charge in [-0.25, -0.2) is 0 Å². The van der Waals surface area contributed by atoms with Crippen LogP contribution in [0.1, 0.15) is 22.7 Å². The zero-order valence-corrected chi connectivity index (χ0v) is 13.9. The second-order valence-corrected chi connectivity index (χ2v) is 6.02. The summed E-state index contributed by atoms with van der Waals surface area (Å²) in [6.45, 7) is -3.61. The summed E-state index contributed by atoms with van der Waals surface area (Å²) in [5.41, 5.74) is 0. The van der Waals surface area contributed by atoms with Crippen LogP contribution >= 0.6 is 13.4 Å². The van der Waals surface area contributed by atoms with Crippen molar-refractivity contribution in [2.24, 2.45) is 0 Å². The molecule has 0 aliphatic carbocycles. The molecule has 0 aliphatic rings. The molecule has 0 atom stereocenters. The van der Waals surface area contributed by atoms with E-state index in [0.717, 1.165) is 0 Å².